The zero-order valence-electron chi connectivity index (χ0n) is 8.14. The van der Waals surface area contributed by atoms with Crippen LogP contribution in [0.1, 0.15) is 26.2 Å². The summed E-state index contributed by atoms with van der Waals surface area (Å²) < 4.78 is 5.31. The fourth-order valence-corrected chi connectivity index (χ4v) is 1.27. The maximum Gasteiger partial charge on any atom is 0.129 e. The Kier molecular flexibility index (Phi) is 4.54. The molecule has 0 saturated carbocycles. The normalized spacial score (nSPS) is 15.3. The van der Waals surface area contributed by atoms with Crippen LogP contribution in [0.5, 0.6) is 0 Å². The number of rotatable bonds is 6. The second kappa shape index (κ2) is 5.75. The van der Waals surface area contributed by atoms with Crippen LogP contribution in [0.2, 0.25) is 0 Å². The Morgan fingerprint density at radius 2 is 2.54 bits per heavy atom. The molecule has 1 heterocycles. The molecule has 0 spiro atoms. The molecule has 3 nitrogen and oxygen atoms in total. The molecule has 1 aliphatic rings. The van der Waals surface area contributed by atoms with Crippen molar-refractivity contribution in [2.75, 3.05) is 19.7 Å². The van der Waals surface area contributed by atoms with E-state index in [9.17, 15) is 4.79 Å². The molecule has 13 heavy (non-hydrogen) atoms. The van der Waals surface area contributed by atoms with Gasteiger partial charge in [-0.15, -0.1) is 0 Å². The van der Waals surface area contributed by atoms with E-state index in [1.807, 2.05) is 0 Å². The largest absolute Gasteiger partial charge is 0.497 e. The zero-order chi connectivity index (χ0) is 9.52. The first-order valence-electron chi connectivity index (χ1n) is 4.81. The lowest BCUT2D eigenvalue weighted by molar-refractivity contribution is -0.117. The van der Waals surface area contributed by atoms with Crippen molar-refractivity contribution in [2.24, 2.45) is 0 Å². The molecule has 1 N–H and O–H groups in total. The SMILES string of the molecule is CC(=O)CCCNCC1=CCCO1. The van der Waals surface area contributed by atoms with Gasteiger partial charge in [-0.1, -0.05) is 0 Å². The highest BCUT2D eigenvalue weighted by Crippen LogP contribution is 2.06. The monoisotopic (exact) mass is 183 g/mol. The number of carbonyl (C=O) groups is 1. The van der Waals surface area contributed by atoms with Crippen LogP contribution in [0.3, 0.4) is 0 Å². The molecule has 0 unspecified atom stereocenters. The Morgan fingerprint density at radius 1 is 1.69 bits per heavy atom. The van der Waals surface area contributed by atoms with E-state index in [0.717, 1.165) is 38.3 Å². The number of ketones is 1. The van der Waals surface area contributed by atoms with Crippen LogP contribution in [0.15, 0.2) is 11.8 Å². The summed E-state index contributed by atoms with van der Waals surface area (Å²) in [5, 5.41) is 3.24. The van der Waals surface area contributed by atoms with Gasteiger partial charge in [0.1, 0.15) is 11.5 Å². The van der Waals surface area contributed by atoms with E-state index in [2.05, 4.69) is 11.4 Å². The minimum atomic E-state index is 0.262. The maximum absolute atomic E-state index is 10.6. The maximum atomic E-state index is 10.6. The van der Waals surface area contributed by atoms with Crippen molar-refractivity contribution in [1.82, 2.24) is 5.32 Å². The van der Waals surface area contributed by atoms with E-state index in [-0.39, 0.29) is 5.78 Å². The minimum absolute atomic E-state index is 0.262. The van der Waals surface area contributed by atoms with Gasteiger partial charge in [-0.2, -0.15) is 0 Å². The Bertz CT molecular complexity index is 199. The van der Waals surface area contributed by atoms with Crippen LogP contribution < -0.4 is 5.32 Å². The lowest BCUT2D eigenvalue weighted by Gasteiger charge is -2.04. The molecule has 0 aromatic heterocycles. The van der Waals surface area contributed by atoms with Crippen LogP contribution in [0.4, 0.5) is 0 Å². The van der Waals surface area contributed by atoms with E-state index in [0.29, 0.717) is 6.42 Å². The molecule has 0 aliphatic carbocycles. The van der Waals surface area contributed by atoms with Crippen LogP contribution in [0.25, 0.3) is 0 Å². The van der Waals surface area contributed by atoms with Crippen LogP contribution in [0, 0.1) is 0 Å². The number of nitrogens with one attached hydrogen (secondary N) is 1. The topological polar surface area (TPSA) is 38.3 Å². The fourth-order valence-electron chi connectivity index (χ4n) is 1.27. The third-order valence-electron chi connectivity index (χ3n) is 1.96. The molecule has 0 amide bonds. The van der Waals surface area contributed by atoms with Crippen molar-refractivity contribution in [2.45, 2.75) is 26.2 Å². The van der Waals surface area contributed by atoms with Crippen molar-refractivity contribution in [3.05, 3.63) is 11.8 Å². The van der Waals surface area contributed by atoms with Crippen molar-refractivity contribution in [1.29, 1.82) is 0 Å². The summed E-state index contributed by atoms with van der Waals surface area (Å²) >= 11 is 0. The summed E-state index contributed by atoms with van der Waals surface area (Å²) in [4.78, 5) is 10.6. The summed E-state index contributed by atoms with van der Waals surface area (Å²) in [7, 11) is 0. The molecule has 0 bridgehead atoms. The van der Waals surface area contributed by atoms with Crippen molar-refractivity contribution >= 4 is 5.78 Å². The van der Waals surface area contributed by atoms with E-state index in [1.54, 1.807) is 6.92 Å². The highest BCUT2D eigenvalue weighted by Gasteiger charge is 2.03. The quantitative estimate of drug-likeness (QED) is 0.630. The van der Waals surface area contributed by atoms with Gasteiger partial charge in [0, 0.05) is 12.8 Å². The highest BCUT2D eigenvalue weighted by atomic mass is 16.5. The van der Waals surface area contributed by atoms with E-state index in [1.165, 1.54) is 0 Å². The Morgan fingerprint density at radius 3 is 3.15 bits per heavy atom. The van der Waals surface area contributed by atoms with Crippen molar-refractivity contribution in [3.63, 3.8) is 0 Å². The molecule has 74 valence electrons. The third kappa shape index (κ3) is 4.68. The van der Waals surface area contributed by atoms with Crippen LogP contribution in [-0.4, -0.2) is 25.5 Å². The summed E-state index contributed by atoms with van der Waals surface area (Å²) in [6, 6.07) is 0. The van der Waals surface area contributed by atoms with Gasteiger partial charge >= 0.3 is 0 Å². The highest BCUT2D eigenvalue weighted by molar-refractivity contribution is 5.75. The molecule has 0 aromatic rings. The van der Waals surface area contributed by atoms with Gasteiger partial charge in [-0.05, 0) is 26.0 Å². The first kappa shape index (κ1) is 10.3. The number of ether oxygens (including phenoxy) is 1. The predicted octanol–water partition coefficient (Wildman–Crippen LogP) is 1.25. The molecule has 3 heteroatoms. The lowest BCUT2D eigenvalue weighted by Crippen LogP contribution is -2.19. The zero-order valence-corrected chi connectivity index (χ0v) is 8.14. The molecular formula is C10H17NO2. The Balaban J connectivity index is 1.92. The standard InChI is InChI=1S/C10H17NO2/c1-9(12)4-2-6-11-8-10-5-3-7-13-10/h5,11H,2-4,6-8H2,1H3. The molecule has 0 fully saturated rings. The van der Waals surface area contributed by atoms with Gasteiger partial charge in [-0.25, -0.2) is 0 Å². The molecule has 0 atom stereocenters. The first-order valence-corrected chi connectivity index (χ1v) is 4.81. The average molecular weight is 183 g/mol. The van der Waals surface area contributed by atoms with E-state index < -0.39 is 0 Å². The van der Waals surface area contributed by atoms with Crippen molar-refractivity contribution in [3.8, 4) is 0 Å². The number of carbonyl (C=O) groups excluding carboxylic acids is 1. The smallest absolute Gasteiger partial charge is 0.129 e. The summed E-state index contributed by atoms with van der Waals surface area (Å²) in [6.07, 6.45) is 4.73. The summed E-state index contributed by atoms with van der Waals surface area (Å²) in [6.45, 7) is 4.14. The van der Waals surface area contributed by atoms with Gasteiger partial charge in [0.2, 0.25) is 0 Å². The molecular weight excluding hydrogens is 166 g/mol. The van der Waals surface area contributed by atoms with Crippen LogP contribution in [-0.2, 0) is 9.53 Å². The first-order chi connectivity index (χ1) is 6.29. The van der Waals surface area contributed by atoms with Gasteiger partial charge in [0.15, 0.2) is 0 Å². The van der Waals surface area contributed by atoms with Gasteiger partial charge in [0.05, 0.1) is 13.2 Å². The Labute approximate surface area is 79.2 Å². The number of Topliss-reactive ketones (excluding diaryl/α,β-unsaturated/α-hetero) is 1. The van der Waals surface area contributed by atoms with Crippen molar-refractivity contribution < 1.29 is 9.53 Å². The Hall–Kier alpha value is -0.830. The van der Waals surface area contributed by atoms with Gasteiger partial charge in [0.25, 0.3) is 0 Å². The second-order valence-electron chi connectivity index (χ2n) is 3.29. The number of hydrogen-bond acceptors (Lipinski definition) is 3. The molecule has 1 aliphatic heterocycles. The van der Waals surface area contributed by atoms with E-state index >= 15 is 0 Å². The lowest BCUT2D eigenvalue weighted by atomic mass is 10.2. The fraction of sp³-hybridized carbons (Fsp3) is 0.700. The third-order valence-corrected chi connectivity index (χ3v) is 1.96. The van der Waals surface area contributed by atoms with Crippen LogP contribution >= 0.6 is 0 Å². The summed E-state index contributed by atoms with van der Waals surface area (Å²) in [5.74, 6) is 1.31. The molecule has 0 radical (unpaired) electrons. The molecule has 0 aromatic carbocycles. The van der Waals surface area contributed by atoms with Gasteiger partial charge in [-0.3, -0.25) is 0 Å². The molecule has 1 rings (SSSR count). The predicted molar refractivity (Wildman–Crippen MR) is 51.4 cm³/mol. The number of hydrogen-bond donors (Lipinski definition) is 1. The molecule has 0 saturated heterocycles. The van der Waals surface area contributed by atoms with E-state index in [4.69, 9.17) is 4.74 Å². The summed E-state index contributed by atoms with van der Waals surface area (Å²) in [5.41, 5.74) is 0. The minimum Gasteiger partial charge on any atom is -0.497 e. The average Bonchev–Trinajstić information content (AvgIpc) is 2.55. The van der Waals surface area contributed by atoms with Gasteiger partial charge < -0.3 is 14.8 Å². The second-order valence-corrected chi connectivity index (χ2v) is 3.29.